The van der Waals surface area contributed by atoms with Crippen LogP contribution in [0.3, 0.4) is 0 Å². The topological polar surface area (TPSA) is 98.0 Å². The predicted molar refractivity (Wildman–Crippen MR) is 97.1 cm³/mol. The summed E-state index contributed by atoms with van der Waals surface area (Å²) in [5.41, 5.74) is 8.17. The normalized spacial score (nSPS) is 31.9. The van der Waals surface area contributed by atoms with E-state index in [0.717, 1.165) is 28.1 Å². The number of hydrogen-bond acceptors (Lipinski definition) is 7. The molecule has 2 aliphatic rings. The molecule has 0 bridgehead atoms. The number of sulfone groups is 1. The summed E-state index contributed by atoms with van der Waals surface area (Å²) < 4.78 is 25.4. The first-order chi connectivity index (χ1) is 11.4. The van der Waals surface area contributed by atoms with Gasteiger partial charge in [0.15, 0.2) is 9.84 Å². The van der Waals surface area contributed by atoms with Crippen LogP contribution in [0.1, 0.15) is 31.2 Å². The van der Waals surface area contributed by atoms with Crippen LogP contribution in [-0.2, 0) is 9.84 Å². The second-order valence-electron chi connectivity index (χ2n) is 7.23. The Kier molecular flexibility index (Phi) is 3.81. The Morgan fingerprint density at radius 1 is 1.38 bits per heavy atom. The number of nitrogens with zero attached hydrogens (tertiary/aromatic N) is 2. The highest BCUT2D eigenvalue weighted by Crippen LogP contribution is 2.49. The SMILES string of the molecule is Cc1csc2c(NCC3CC4(CC(N)CCS4(=O)=O)C3)ncnc12. The molecule has 0 radical (unpaired) electrons. The lowest BCUT2D eigenvalue weighted by Gasteiger charge is -2.50. The highest BCUT2D eigenvalue weighted by atomic mass is 32.2. The zero-order chi connectivity index (χ0) is 16.9. The Hall–Kier alpha value is -1.25. The van der Waals surface area contributed by atoms with Crippen molar-refractivity contribution >= 4 is 37.2 Å². The van der Waals surface area contributed by atoms with E-state index in [2.05, 4.69) is 20.7 Å². The van der Waals surface area contributed by atoms with Crippen LogP contribution in [0.2, 0.25) is 0 Å². The number of anilines is 1. The Labute approximate surface area is 145 Å². The van der Waals surface area contributed by atoms with Crippen molar-refractivity contribution in [2.24, 2.45) is 11.7 Å². The molecule has 4 rings (SSSR count). The van der Waals surface area contributed by atoms with Crippen molar-refractivity contribution in [3.05, 3.63) is 17.3 Å². The standard InChI is InChI=1S/C16H22N4O2S2/c1-10-8-23-14-13(10)19-9-20-15(14)18-7-11-4-16(5-11)6-12(17)2-3-24(16,21)22/h8-9,11-12H,2-7,17H2,1H3,(H,18,19,20). The van der Waals surface area contributed by atoms with Gasteiger partial charge in [-0.1, -0.05) is 0 Å². The van der Waals surface area contributed by atoms with Crippen LogP contribution in [0.5, 0.6) is 0 Å². The van der Waals surface area contributed by atoms with Gasteiger partial charge in [-0.15, -0.1) is 11.3 Å². The third kappa shape index (κ3) is 2.51. The molecule has 1 saturated carbocycles. The number of aromatic nitrogens is 2. The summed E-state index contributed by atoms with van der Waals surface area (Å²) in [6.45, 7) is 2.79. The molecular formula is C16H22N4O2S2. The lowest BCUT2D eigenvalue weighted by atomic mass is 9.70. The fraction of sp³-hybridized carbons (Fsp3) is 0.625. The third-order valence-corrected chi connectivity index (χ3v) is 9.15. The summed E-state index contributed by atoms with van der Waals surface area (Å²) in [4.78, 5) is 8.67. The molecule has 1 aliphatic heterocycles. The zero-order valence-electron chi connectivity index (χ0n) is 13.7. The van der Waals surface area contributed by atoms with Crippen molar-refractivity contribution in [1.29, 1.82) is 0 Å². The maximum atomic E-state index is 12.4. The molecule has 130 valence electrons. The van der Waals surface area contributed by atoms with E-state index >= 15 is 0 Å². The Balaban J connectivity index is 1.43. The molecule has 3 heterocycles. The number of aryl methyl sites for hydroxylation is 1. The minimum atomic E-state index is -3.00. The van der Waals surface area contributed by atoms with Gasteiger partial charge in [0.1, 0.15) is 12.1 Å². The molecule has 1 atom stereocenters. The summed E-state index contributed by atoms with van der Waals surface area (Å²) >= 11 is 1.64. The molecule has 0 amide bonds. The fourth-order valence-electron chi connectivity index (χ4n) is 4.12. The van der Waals surface area contributed by atoms with Crippen LogP contribution in [0, 0.1) is 12.8 Å². The molecule has 1 unspecified atom stereocenters. The molecule has 2 aromatic rings. The lowest BCUT2D eigenvalue weighted by Crippen LogP contribution is -2.58. The van der Waals surface area contributed by atoms with E-state index in [4.69, 9.17) is 5.73 Å². The highest BCUT2D eigenvalue weighted by Gasteiger charge is 2.55. The second kappa shape index (κ2) is 5.64. The van der Waals surface area contributed by atoms with Gasteiger partial charge in [-0.3, -0.25) is 0 Å². The zero-order valence-corrected chi connectivity index (χ0v) is 15.3. The molecule has 0 aromatic carbocycles. The second-order valence-corrected chi connectivity index (χ2v) is 10.6. The van der Waals surface area contributed by atoms with Gasteiger partial charge in [0.05, 0.1) is 20.7 Å². The maximum absolute atomic E-state index is 12.4. The van der Waals surface area contributed by atoms with E-state index in [1.165, 1.54) is 0 Å². The first-order valence-corrected chi connectivity index (χ1v) is 10.8. The number of nitrogens with two attached hydrogens (primary N) is 1. The molecule has 8 heteroatoms. The fourth-order valence-corrected chi connectivity index (χ4v) is 7.59. The van der Waals surface area contributed by atoms with Crippen LogP contribution in [0.4, 0.5) is 5.82 Å². The van der Waals surface area contributed by atoms with E-state index < -0.39 is 14.6 Å². The summed E-state index contributed by atoms with van der Waals surface area (Å²) in [5.74, 6) is 1.45. The molecule has 3 N–H and O–H groups in total. The van der Waals surface area contributed by atoms with E-state index in [9.17, 15) is 8.42 Å². The molecule has 6 nitrogen and oxygen atoms in total. The molecule has 2 fully saturated rings. The van der Waals surface area contributed by atoms with Crippen LogP contribution >= 0.6 is 11.3 Å². The van der Waals surface area contributed by atoms with Crippen molar-refractivity contribution in [1.82, 2.24) is 9.97 Å². The van der Waals surface area contributed by atoms with Gasteiger partial charge in [0.25, 0.3) is 0 Å². The minimum absolute atomic E-state index is 0.0259. The first kappa shape index (κ1) is 16.2. The van der Waals surface area contributed by atoms with Crippen molar-refractivity contribution in [2.75, 3.05) is 17.6 Å². The van der Waals surface area contributed by atoms with Gasteiger partial charge in [-0.25, -0.2) is 18.4 Å². The highest BCUT2D eigenvalue weighted by molar-refractivity contribution is 7.92. The summed E-state index contributed by atoms with van der Waals surface area (Å²) in [6, 6.07) is 0.0259. The lowest BCUT2D eigenvalue weighted by molar-refractivity contribution is 0.197. The summed E-state index contributed by atoms with van der Waals surface area (Å²) in [5, 5.41) is 5.48. The van der Waals surface area contributed by atoms with E-state index in [1.807, 2.05) is 6.92 Å². The summed E-state index contributed by atoms with van der Waals surface area (Å²) in [7, 11) is -3.00. The number of fused-ring (bicyclic) bond motifs is 1. The monoisotopic (exact) mass is 366 g/mol. The van der Waals surface area contributed by atoms with Gasteiger partial charge >= 0.3 is 0 Å². The molecule has 1 spiro atoms. The van der Waals surface area contributed by atoms with Gasteiger partial charge in [-0.05, 0) is 49.5 Å². The smallest absolute Gasteiger partial charge is 0.156 e. The van der Waals surface area contributed by atoms with E-state index in [-0.39, 0.29) is 11.8 Å². The molecule has 2 aromatic heterocycles. The quantitative estimate of drug-likeness (QED) is 0.863. The number of nitrogens with one attached hydrogen (secondary N) is 1. The van der Waals surface area contributed by atoms with Gasteiger partial charge in [-0.2, -0.15) is 0 Å². The number of hydrogen-bond donors (Lipinski definition) is 2. The van der Waals surface area contributed by atoms with Gasteiger partial charge in [0, 0.05) is 12.6 Å². The van der Waals surface area contributed by atoms with Crippen molar-refractivity contribution in [3.8, 4) is 0 Å². The molecule has 1 aliphatic carbocycles. The average molecular weight is 367 g/mol. The predicted octanol–water partition coefficient (Wildman–Crippen LogP) is 2.10. The largest absolute Gasteiger partial charge is 0.369 e. The van der Waals surface area contributed by atoms with Crippen molar-refractivity contribution < 1.29 is 8.42 Å². The van der Waals surface area contributed by atoms with Crippen LogP contribution < -0.4 is 11.1 Å². The van der Waals surface area contributed by atoms with Crippen LogP contribution in [-0.4, -0.2) is 41.5 Å². The van der Waals surface area contributed by atoms with Crippen LogP contribution in [0.25, 0.3) is 10.2 Å². The van der Waals surface area contributed by atoms with Gasteiger partial charge < -0.3 is 11.1 Å². The Morgan fingerprint density at radius 2 is 2.17 bits per heavy atom. The molecular weight excluding hydrogens is 344 g/mol. The minimum Gasteiger partial charge on any atom is -0.369 e. The first-order valence-electron chi connectivity index (χ1n) is 8.31. The number of thiophene rings is 1. The Morgan fingerprint density at radius 3 is 2.96 bits per heavy atom. The van der Waals surface area contributed by atoms with E-state index in [1.54, 1.807) is 17.7 Å². The van der Waals surface area contributed by atoms with E-state index in [0.29, 0.717) is 31.6 Å². The Bertz CT molecular complexity index is 871. The van der Waals surface area contributed by atoms with Crippen molar-refractivity contribution in [2.45, 2.75) is 43.4 Å². The summed E-state index contributed by atoms with van der Waals surface area (Å²) in [6.07, 6.45) is 4.23. The third-order valence-electron chi connectivity index (χ3n) is 5.46. The van der Waals surface area contributed by atoms with Crippen molar-refractivity contribution in [3.63, 3.8) is 0 Å². The molecule has 1 saturated heterocycles. The number of rotatable bonds is 3. The molecule has 24 heavy (non-hydrogen) atoms. The maximum Gasteiger partial charge on any atom is 0.156 e. The average Bonchev–Trinajstić information content (AvgIpc) is 2.88. The van der Waals surface area contributed by atoms with Crippen LogP contribution in [0.15, 0.2) is 11.7 Å². The van der Waals surface area contributed by atoms with Gasteiger partial charge in [0.2, 0.25) is 0 Å².